The van der Waals surface area contributed by atoms with Crippen molar-refractivity contribution in [3.05, 3.63) is 47.0 Å². The minimum atomic E-state index is -0.504. The average Bonchev–Trinajstić information content (AvgIpc) is 2.85. The van der Waals surface area contributed by atoms with E-state index in [1.807, 2.05) is 13.8 Å². The first-order valence-electron chi connectivity index (χ1n) is 6.38. The first-order valence-corrected chi connectivity index (χ1v) is 6.38. The van der Waals surface area contributed by atoms with Crippen LogP contribution in [0.25, 0.3) is 0 Å². The van der Waals surface area contributed by atoms with Crippen LogP contribution in [0.15, 0.2) is 24.4 Å². The highest BCUT2D eigenvalue weighted by molar-refractivity contribution is 6.09. The Balaban J connectivity index is 2.58. The fourth-order valence-corrected chi connectivity index (χ4v) is 2.05. The van der Waals surface area contributed by atoms with Gasteiger partial charge in [-0.3, -0.25) is 9.48 Å². The van der Waals surface area contributed by atoms with Crippen molar-refractivity contribution in [3.63, 3.8) is 0 Å². The van der Waals surface area contributed by atoms with Gasteiger partial charge in [-0.2, -0.15) is 5.10 Å². The zero-order valence-corrected chi connectivity index (χ0v) is 12.0. The van der Waals surface area contributed by atoms with Gasteiger partial charge in [0.1, 0.15) is 5.82 Å². The van der Waals surface area contributed by atoms with Crippen molar-refractivity contribution in [3.8, 4) is 5.75 Å². The van der Waals surface area contributed by atoms with E-state index < -0.39 is 11.6 Å². The van der Waals surface area contributed by atoms with E-state index in [0.29, 0.717) is 11.3 Å². The predicted molar refractivity (Wildman–Crippen MR) is 73.7 cm³/mol. The lowest BCUT2D eigenvalue weighted by Gasteiger charge is -2.12. The molecule has 4 nitrogen and oxygen atoms in total. The van der Waals surface area contributed by atoms with E-state index in [1.54, 1.807) is 23.7 Å². The van der Waals surface area contributed by atoms with E-state index >= 15 is 0 Å². The van der Waals surface area contributed by atoms with Crippen LogP contribution in [0.2, 0.25) is 0 Å². The highest BCUT2D eigenvalue weighted by atomic mass is 19.1. The third kappa shape index (κ3) is 2.31. The van der Waals surface area contributed by atoms with Crippen molar-refractivity contribution < 1.29 is 13.9 Å². The number of hydrogen-bond donors (Lipinski definition) is 0. The van der Waals surface area contributed by atoms with Gasteiger partial charge in [0, 0.05) is 6.04 Å². The summed E-state index contributed by atoms with van der Waals surface area (Å²) in [6.07, 6.45) is 1.47. The second-order valence-corrected chi connectivity index (χ2v) is 4.87. The molecule has 0 atom stereocenters. The Hall–Kier alpha value is -2.17. The van der Waals surface area contributed by atoms with E-state index in [9.17, 15) is 9.18 Å². The van der Waals surface area contributed by atoms with Gasteiger partial charge in [-0.05, 0) is 32.4 Å². The van der Waals surface area contributed by atoms with Gasteiger partial charge in [0.25, 0.3) is 0 Å². The van der Waals surface area contributed by atoms with Gasteiger partial charge in [0.05, 0.1) is 18.9 Å². The molecule has 0 fully saturated rings. The molecule has 2 rings (SSSR count). The van der Waals surface area contributed by atoms with Crippen LogP contribution in [0.4, 0.5) is 4.39 Å². The summed E-state index contributed by atoms with van der Waals surface area (Å²) in [5.74, 6) is -0.574. The standard InChI is InChI=1S/C15H17FN2O2/c1-9(2)18-14(12(20-4)8-17-18)15(19)11-7-5-6-10(3)13(11)16/h5-9H,1-4H3. The third-order valence-corrected chi connectivity index (χ3v) is 3.12. The van der Waals surface area contributed by atoms with Crippen LogP contribution in [0.5, 0.6) is 5.75 Å². The van der Waals surface area contributed by atoms with Crippen LogP contribution in [0.1, 0.15) is 41.5 Å². The summed E-state index contributed by atoms with van der Waals surface area (Å²) in [6, 6.07) is 4.74. The summed E-state index contributed by atoms with van der Waals surface area (Å²) in [7, 11) is 1.46. The number of nitrogens with zero attached hydrogens (tertiary/aromatic N) is 2. The molecule has 0 saturated carbocycles. The van der Waals surface area contributed by atoms with Crippen LogP contribution in [0, 0.1) is 12.7 Å². The van der Waals surface area contributed by atoms with Crippen molar-refractivity contribution in [2.75, 3.05) is 7.11 Å². The molecule has 0 amide bonds. The molecule has 0 aliphatic carbocycles. The van der Waals surface area contributed by atoms with E-state index in [2.05, 4.69) is 5.10 Å². The third-order valence-electron chi connectivity index (χ3n) is 3.12. The van der Waals surface area contributed by atoms with Crippen LogP contribution in [-0.2, 0) is 0 Å². The summed E-state index contributed by atoms with van der Waals surface area (Å²) >= 11 is 0. The van der Waals surface area contributed by atoms with Crippen LogP contribution < -0.4 is 4.74 Å². The molecule has 0 bridgehead atoms. The number of aromatic nitrogens is 2. The van der Waals surface area contributed by atoms with E-state index in [1.165, 1.54) is 19.4 Å². The van der Waals surface area contributed by atoms with Gasteiger partial charge >= 0.3 is 0 Å². The second kappa shape index (κ2) is 5.45. The summed E-state index contributed by atoms with van der Waals surface area (Å²) < 4.78 is 20.8. The van der Waals surface area contributed by atoms with Gasteiger partial charge in [-0.25, -0.2) is 4.39 Å². The first kappa shape index (κ1) is 14.2. The topological polar surface area (TPSA) is 44.1 Å². The van der Waals surface area contributed by atoms with Crippen molar-refractivity contribution >= 4 is 5.78 Å². The molecule has 0 spiro atoms. The van der Waals surface area contributed by atoms with Crippen LogP contribution >= 0.6 is 0 Å². The Morgan fingerprint density at radius 2 is 2.10 bits per heavy atom. The molecule has 1 aromatic heterocycles. The first-order chi connectivity index (χ1) is 9.47. The van der Waals surface area contributed by atoms with E-state index in [4.69, 9.17) is 4.74 Å². The Labute approximate surface area is 117 Å². The Bertz CT molecular complexity index is 647. The van der Waals surface area contributed by atoms with Gasteiger partial charge in [0.15, 0.2) is 11.4 Å². The molecule has 0 radical (unpaired) electrons. The molecule has 0 aliphatic rings. The molecule has 106 valence electrons. The molecule has 0 N–H and O–H groups in total. The maximum Gasteiger partial charge on any atom is 0.217 e. The van der Waals surface area contributed by atoms with Crippen molar-refractivity contribution in [2.24, 2.45) is 0 Å². The number of benzene rings is 1. The van der Waals surface area contributed by atoms with Gasteiger partial charge < -0.3 is 4.74 Å². The fourth-order valence-electron chi connectivity index (χ4n) is 2.05. The number of ketones is 1. The fraction of sp³-hybridized carbons (Fsp3) is 0.333. The zero-order chi connectivity index (χ0) is 14.9. The number of ether oxygens (including phenoxy) is 1. The summed E-state index contributed by atoms with van der Waals surface area (Å²) in [5, 5.41) is 4.13. The number of aryl methyl sites for hydroxylation is 1. The van der Waals surface area contributed by atoms with Gasteiger partial charge in [-0.15, -0.1) is 0 Å². The maximum atomic E-state index is 14.1. The van der Waals surface area contributed by atoms with E-state index in [0.717, 1.165) is 0 Å². The predicted octanol–water partition coefficient (Wildman–Crippen LogP) is 3.15. The zero-order valence-electron chi connectivity index (χ0n) is 12.0. The lowest BCUT2D eigenvalue weighted by Crippen LogP contribution is -2.15. The van der Waals surface area contributed by atoms with Crippen molar-refractivity contribution in [2.45, 2.75) is 26.8 Å². The monoisotopic (exact) mass is 276 g/mol. The summed E-state index contributed by atoms with van der Waals surface area (Å²) in [6.45, 7) is 5.43. The number of carbonyl (C=O) groups is 1. The highest BCUT2D eigenvalue weighted by Crippen LogP contribution is 2.25. The molecule has 20 heavy (non-hydrogen) atoms. The van der Waals surface area contributed by atoms with Crippen molar-refractivity contribution in [1.82, 2.24) is 9.78 Å². The Morgan fingerprint density at radius 3 is 2.70 bits per heavy atom. The SMILES string of the molecule is COc1cnn(C(C)C)c1C(=O)c1cccc(C)c1F. The quantitative estimate of drug-likeness (QED) is 0.806. The maximum absolute atomic E-state index is 14.1. The van der Waals surface area contributed by atoms with Gasteiger partial charge in [-0.1, -0.05) is 12.1 Å². The molecule has 0 unspecified atom stereocenters. The minimum Gasteiger partial charge on any atom is -0.493 e. The summed E-state index contributed by atoms with van der Waals surface area (Å²) in [5.41, 5.74) is 0.739. The number of carbonyl (C=O) groups excluding carboxylic acids is 1. The number of hydrogen-bond acceptors (Lipinski definition) is 3. The second-order valence-electron chi connectivity index (χ2n) is 4.87. The Morgan fingerprint density at radius 1 is 1.40 bits per heavy atom. The number of halogens is 1. The van der Waals surface area contributed by atoms with Crippen LogP contribution in [0.3, 0.4) is 0 Å². The minimum absolute atomic E-state index is 0.0225. The van der Waals surface area contributed by atoms with E-state index in [-0.39, 0.29) is 17.3 Å². The number of methoxy groups -OCH3 is 1. The highest BCUT2D eigenvalue weighted by Gasteiger charge is 2.24. The largest absolute Gasteiger partial charge is 0.493 e. The molecular weight excluding hydrogens is 259 g/mol. The lowest BCUT2D eigenvalue weighted by molar-refractivity contribution is 0.102. The molecule has 2 aromatic rings. The molecule has 5 heteroatoms. The summed E-state index contributed by atoms with van der Waals surface area (Å²) in [4.78, 5) is 12.6. The molecule has 1 heterocycles. The molecule has 0 aliphatic heterocycles. The molecular formula is C15H17FN2O2. The van der Waals surface area contributed by atoms with Gasteiger partial charge in [0.2, 0.25) is 5.78 Å². The van der Waals surface area contributed by atoms with Crippen LogP contribution in [-0.4, -0.2) is 22.7 Å². The molecule has 0 saturated heterocycles. The number of rotatable bonds is 4. The molecule has 1 aromatic carbocycles. The average molecular weight is 276 g/mol. The van der Waals surface area contributed by atoms with Crippen molar-refractivity contribution in [1.29, 1.82) is 0 Å². The Kier molecular flexibility index (Phi) is 3.88. The lowest BCUT2D eigenvalue weighted by atomic mass is 10.0. The normalized spacial score (nSPS) is 10.9. The smallest absolute Gasteiger partial charge is 0.217 e.